The second-order valence-electron chi connectivity index (χ2n) is 4.79. The van der Waals surface area contributed by atoms with Crippen LogP contribution in [0.3, 0.4) is 0 Å². The van der Waals surface area contributed by atoms with Gasteiger partial charge >= 0.3 is 11.9 Å². The van der Waals surface area contributed by atoms with E-state index < -0.39 is 23.4 Å². The monoisotopic (exact) mass is 225 g/mol. The SMILES string of the molecule is C=C[C@H]1C[C@H]2C[C@@H]1[C@@H](C(=O)O)[C@]2(N)C(=O)O. The first kappa shape index (κ1) is 11.1. The Morgan fingerprint density at radius 1 is 1.38 bits per heavy atom. The highest BCUT2D eigenvalue weighted by molar-refractivity contribution is 5.88. The van der Waals surface area contributed by atoms with Crippen molar-refractivity contribution in [2.75, 3.05) is 0 Å². The average Bonchev–Trinajstić information content (AvgIpc) is 2.72. The van der Waals surface area contributed by atoms with E-state index in [0.29, 0.717) is 12.8 Å². The number of carboxylic acid groups (broad SMARTS) is 2. The van der Waals surface area contributed by atoms with Crippen LogP contribution in [-0.4, -0.2) is 27.7 Å². The fourth-order valence-electron chi connectivity index (χ4n) is 3.45. The van der Waals surface area contributed by atoms with Crippen molar-refractivity contribution in [3.05, 3.63) is 12.7 Å². The van der Waals surface area contributed by atoms with Crippen LogP contribution in [0.25, 0.3) is 0 Å². The normalized spacial score (nSPS) is 45.6. The maximum Gasteiger partial charge on any atom is 0.324 e. The molecule has 2 saturated carbocycles. The van der Waals surface area contributed by atoms with Gasteiger partial charge in [0.2, 0.25) is 0 Å². The van der Waals surface area contributed by atoms with E-state index in [1.807, 2.05) is 0 Å². The number of fused-ring (bicyclic) bond motifs is 2. The summed E-state index contributed by atoms with van der Waals surface area (Å²) in [6.45, 7) is 3.67. The molecule has 0 aromatic rings. The van der Waals surface area contributed by atoms with Gasteiger partial charge in [-0.2, -0.15) is 0 Å². The second kappa shape index (κ2) is 3.31. The van der Waals surface area contributed by atoms with Gasteiger partial charge in [-0.15, -0.1) is 6.58 Å². The van der Waals surface area contributed by atoms with Gasteiger partial charge in [-0.05, 0) is 30.6 Å². The highest BCUT2D eigenvalue weighted by Crippen LogP contribution is 2.56. The summed E-state index contributed by atoms with van der Waals surface area (Å²) in [6.07, 6.45) is 2.94. The van der Waals surface area contributed by atoms with Crippen LogP contribution in [0.4, 0.5) is 0 Å². The van der Waals surface area contributed by atoms with Gasteiger partial charge in [0.1, 0.15) is 5.54 Å². The summed E-state index contributed by atoms with van der Waals surface area (Å²) in [5, 5.41) is 18.3. The summed E-state index contributed by atoms with van der Waals surface area (Å²) >= 11 is 0. The fourth-order valence-corrected chi connectivity index (χ4v) is 3.45. The zero-order valence-electron chi connectivity index (χ0n) is 8.80. The Bertz CT molecular complexity index is 367. The molecule has 0 unspecified atom stereocenters. The van der Waals surface area contributed by atoms with Gasteiger partial charge in [-0.1, -0.05) is 6.08 Å². The molecular formula is C11H15NO4. The van der Waals surface area contributed by atoms with E-state index in [-0.39, 0.29) is 17.8 Å². The molecule has 5 atom stereocenters. The maximum absolute atomic E-state index is 11.2. The Hall–Kier alpha value is -1.36. The minimum Gasteiger partial charge on any atom is -0.481 e. The lowest BCUT2D eigenvalue weighted by Gasteiger charge is -2.37. The van der Waals surface area contributed by atoms with Crippen molar-refractivity contribution < 1.29 is 19.8 Å². The van der Waals surface area contributed by atoms with Crippen molar-refractivity contribution in [3.63, 3.8) is 0 Å². The first-order valence-corrected chi connectivity index (χ1v) is 5.30. The molecule has 0 amide bonds. The third-order valence-electron chi connectivity index (χ3n) is 4.22. The molecule has 5 nitrogen and oxygen atoms in total. The maximum atomic E-state index is 11.2. The molecule has 5 heteroatoms. The summed E-state index contributed by atoms with van der Waals surface area (Å²) in [5.41, 5.74) is 4.23. The molecule has 0 aliphatic heterocycles. The number of carbonyl (C=O) groups is 2. The van der Waals surface area contributed by atoms with Gasteiger partial charge in [0.05, 0.1) is 5.92 Å². The molecule has 2 fully saturated rings. The highest BCUT2D eigenvalue weighted by atomic mass is 16.4. The number of carboxylic acids is 2. The van der Waals surface area contributed by atoms with Crippen molar-refractivity contribution in [1.29, 1.82) is 0 Å². The van der Waals surface area contributed by atoms with E-state index >= 15 is 0 Å². The van der Waals surface area contributed by atoms with Crippen molar-refractivity contribution in [3.8, 4) is 0 Å². The smallest absolute Gasteiger partial charge is 0.324 e. The zero-order valence-corrected chi connectivity index (χ0v) is 8.80. The Labute approximate surface area is 92.9 Å². The van der Waals surface area contributed by atoms with Crippen LogP contribution in [0, 0.1) is 23.7 Å². The van der Waals surface area contributed by atoms with E-state index in [1.54, 1.807) is 6.08 Å². The van der Waals surface area contributed by atoms with Gasteiger partial charge in [0, 0.05) is 0 Å². The van der Waals surface area contributed by atoms with E-state index in [0.717, 1.165) is 0 Å². The molecule has 16 heavy (non-hydrogen) atoms. The molecule has 2 rings (SSSR count). The predicted octanol–water partition coefficient (Wildman–Crippen LogP) is 0.311. The molecule has 0 radical (unpaired) electrons. The third-order valence-corrected chi connectivity index (χ3v) is 4.22. The summed E-state index contributed by atoms with van der Waals surface area (Å²) < 4.78 is 0. The Morgan fingerprint density at radius 3 is 2.44 bits per heavy atom. The molecule has 0 saturated heterocycles. The Balaban J connectivity index is 2.41. The van der Waals surface area contributed by atoms with Crippen LogP contribution in [0.1, 0.15) is 12.8 Å². The lowest BCUT2D eigenvalue weighted by molar-refractivity contribution is -0.159. The largest absolute Gasteiger partial charge is 0.481 e. The summed E-state index contributed by atoms with van der Waals surface area (Å²) in [5.74, 6) is -3.65. The van der Waals surface area contributed by atoms with Gasteiger partial charge < -0.3 is 15.9 Å². The lowest BCUT2D eigenvalue weighted by atomic mass is 9.69. The molecule has 88 valence electrons. The molecule has 0 aromatic carbocycles. The van der Waals surface area contributed by atoms with Crippen molar-refractivity contribution in [1.82, 2.24) is 0 Å². The molecule has 0 heterocycles. The minimum absolute atomic E-state index is 0.0853. The molecule has 2 aliphatic rings. The quantitative estimate of drug-likeness (QED) is 0.600. The van der Waals surface area contributed by atoms with Crippen LogP contribution >= 0.6 is 0 Å². The zero-order chi connectivity index (χ0) is 12.1. The van der Waals surface area contributed by atoms with Gasteiger partial charge in [0.15, 0.2) is 0 Å². The first-order valence-electron chi connectivity index (χ1n) is 5.30. The standard InChI is InChI=1S/C11H15NO4/c1-2-5-3-6-4-7(5)8(9(13)14)11(6,12)10(15)16/h2,5-8H,1,3-4,12H2,(H,13,14)(H,15,16)/t5-,6-,7-,8-,11-/m0/s1. The van der Waals surface area contributed by atoms with Crippen LogP contribution in [0.2, 0.25) is 0 Å². The van der Waals surface area contributed by atoms with Gasteiger partial charge in [-0.25, -0.2) is 0 Å². The molecule has 0 spiro atoms. The van der Waals surface area contributed by atoms with E-state index in [4.69, 9.17) is 15.9 Å². The number of rotatable bonds is 3. The molecule has 2 bridgehead atoms. The average molecular weight is 225 g/mol. The van der Waals surface area contributed by atoms with E-state index in [9.17, 15) is 9.59 Å². The molecule has 4 N–H and O–H groups in total. The Kier molecular flexibility index (Phi) is 2.31. The van der Waals surface area contributed by atoms with Crippen molar-refractivity contribution in [2.45, 2.75) is 18.4 Å². The number of hydrogen-bond acceptors (Lipinski definition) is 3. The number of hydrogen-bond donors (Lipinski definition) is 3. The van der Waals surface area contributed by atoms with Crippen molar-refractivity contribution >= 4 is 11.9 Å². The van der Waals surface area contributed by atoms with E-state index in [2.05, 4.69) is 6.58 Å². The second-order valence-corrected chi connectivity index (χ2v) is 4.79. The third kappa shape index (κ3) is 1.15. The fraction of sp³-hybridized carbons (Fsp3) is 0.636. The van der Waals surface area contributed by atoms with Crippen LogP contribution in [-0.2, 0) is 9.59 Å². The van der Waals surface area contributed by atoms with Crippen LogP contribution < -0.4 is 5.73 Å². The predicted molar refractivity (Wildman–Crippen MR) is 55.6 cm³/mol. The number of aliphatic carboxylic acids is 2. The van der Waals surface area contributed by atoms with Crippen LogP contribution in [0.5, 0.6) is 0 Å². The number of nitrogens with two attached hydrogens (primary N) is 1. The first-order chi connectivity index (χ1) is 7.42. The minimum atomic E-state index is -1.60. The van der Waals surface area contributed by atoms with Gasteiger partial charge in [-0.3, -0.25) is 9.59 Å². The molecule has 0 aromatic heterocycles. The Morgan fingerprint density at radius 2 is 2.00 bits per heavy atom. The van der Waals surface area contributed by atoms with Crippen molar-refractivity contribution in [2.24, 2.45) is 29.4 Å². The highest BCUT2D eigenvalue weighted by Gasteiger charge is 2.65. The molecular weight excluding hydrogens is 210 g/mol. The summed E-state index contributed by atoms with van der Waals surface area (Å²) in [6, 6.07) is 0. The molecule has 2 aliphatic carbocycles. The lowest BCUT2D eigenvalue weighted by Crippen LogP contribution is -2.61. The van der Waals surface area contributed by atoms with Gasteiger partial charge in [0.25, 0.3) is 0 Å². The summed E-state index contributed by atoms with van der Waals surface area (Å²) in [4.78, 5) is 22.4. The topological polar surface area (TPSA) is 101 Å². The number of allylic oxidation sites excluding steroid dienone is 1. The summed E-state index contributed by atoms with van der Waals surface area (Å²) in [7, 11) is 0. The van der Waals surface area contributed by atoms with Crippen LogP contribution in [0.15, 0.2) is 12.7 Å². The van der Waals surface area contributed by atoms with E-state index in [1.165, 1.54) is 0 Å².